The van der Waals surface area contributed by atoms with Crippen LogP contribution in [0.15, 0.2) is 117 Å². The first-order valence-corrected chi connectivity index (χ1v) is 17.3. The summed E-state index contributed by atoms with van der Waals surface area (Å²) in [4.78, 5) is 16.8. The van der Waals surface area contributed by atoms with Crippen LogP contribution in [0.5, 0.6) is 23.0 Å². The van der Waals surface area contributed by atoms with Gasteiger partial charge < -0.3 is 20.4 Å². The first-order chi connectivity index (χ1) is 24.5. The quantitative estimate of drug-likeness (QED) is 0.0728. The molecule has 0 amide bonds. The van der Waals surface area contributed by atoms with Crippen LogP contribution < -0.4 is 57.7 Å². The van der Waals surface area contributed by atoms with Crippen LogP contribution >= 0.6 is 0 Å². The molecule has 0 aliphatic heterocycles. The summed E-state index contributed by atoms with van der Waals surface area (Å²) in [6.07, 6.45) is 7.93. The Labute approximate surface area is 353 Å². The van der Waals surface area contributed by atoms with Crippen LogP contribution in [0, 0.1) is 20.5 Å². The van der Waals surface area contributed by atoms with E-state index in [-0.39, 0.29) is 74.2 Å². The van der Waals surface area contributed by atoms with E-state index in [2.05, 4.69) is 20.0 Å². The van der Waals surface area contributed by atoms with E-state index in [4.69, 9.17) is 37.3 Å². The largest absolute Gasteiger partial charge is 2.00 e. The van der Waals surface area contributed by atoms with E-state index in [1.54, 1.807) is 73.4 Å². The summed E-state index contributed by atoms with van der Waals surface area (Å²) in [5.41, 5.74) is 2.39. The minimum atomic E-state index is -4.94. The van der Waals surface area contributed by atoms with Crippen molar-refractivity contribution in [1.82, 2.24) is 0 Å². The minimum absolute atomic E-state index is 0. The molecule has 0 aliphatic carbocycles. The Morgan fingerprint density at radius 1 is 0.345 bits per heavy atom. The van der Waals surface area contributed by atoms with Gasteiger partial charge in [-0.25, -0.2) is 37.3 Å². The molecular weight excluding hydrogens is 918 g/mol. The van der Waals surface area contributed by atoms with Gasteiger partial charge in [-0.2, -0.15) is 0 Å². The van der Waals surface area contributed by atoms with Crippen molar-refractivity contribution in [1.29, 1.82) is 0 Å². The molecule has 4 aromatic carbocycles. The van der Waals surface area contributed by atoms with E-state index in [1.807, 2.05) is 24.3 Å². The van der Waals surface area contributed by atoms with E-state index in [0.717, 1.165) is 12.8 Å². The molecule has 0 heterocycles. The molecule has 0 fully saturated rings. The summed E-state index contributed by atoms with van der Waals surface area (Å²) in [6.45, 7) is 2.41. The molecule has 4 aromatic rings. The number of hydrogen-bond acceptors (Lipinski definition) is 16. The van der Waals surface area contributed by atoms with Crippen molar-refractivity contribution in [3.8, 4) is 23.0 Å². The normalized spacial score (nSPS) is 10.9. The number of hydrogen-bond donors (Lipinski definition) is 0. The first-order valence-electron chi connectivity index (χ1n) is 14.8. The van der Waals surface area contributed by atoms with Crippen molar-refractivity contribution in [3.63, 3.8) is 0 Å². The SMILES string of the molecule is [Cu+2].[Cu+2].[Cu+2].[O-][Cl+3]([O-])([O-])[O-].[O-][Cl+3]([O-])([O-])[O-].[O-]c1ccccc1C=NCCCN=Cc1ccccc1[O-].[O-]c1ccccc1C=NCCCN=Cc1ccccc1[O-]. The molecule has 0 unspecified atom stereocenters. The monoisotopic (exact) mass is 947 g/mol. The Morgan fingerprint density at radius 2 is 0.509 bits per heavy atom. The van der Waals surface area contributed by atoms with Crippen LogP contribution in [0.2, 0.25) is 0 Å². The molecule has 0 aliphatic rings. The fourth-order valence-corrected chi connectivity index (χ4v) is 3.51. The Morgan fingerprint density at radius 3 is 0.673 bits per heavy atom. The van der Waals surface area contributed by atoms with Crippen LogP contribution in [0.25, 0.3) is 0 Å². The summed E-state index contributed by atoms with van der Waals surface area (Å²) >= 11 is 0. The number of halogens is 2. The van der Waals surface area contributed by atoms with Gasteiger partial charge in [-0.3, -0.25) is 20.0 Å². The van der Waals surface area contributed by atoms with E-state index >= 15 is 0 Å². The number of para-hydroxylation sites is 4. The topological polar surface area (TPSA) is 326 Å². The predicted octanol–water partition coefficient (Wildman–Crippen LogP) is -6.00. The van der Waals surface area contributed by atoms with Crippen LogP contribution in [0.3, 0.4) is 0 Å². The van der Waals surface area contributed by atoms with Crippen molar-refractivity contribution < 1.29 is 129 Å². The molecule has 0 saturated carbocycles. The molecular formula is C34H32Cl2Cu3N4O12. The molecule has 0 saturated heterocycles. The minimum Gasteiger partial charge on any atom is -0.872 e. The van der Waals surface area contributed by atoms with Gasteiger partial charge in [0.25, 0.3) is 0 Å². The summed E-state index contributed by atoms with van der Waals surface area (Å²) < 4.78 is 67.9. The van der Waals surface area contributed by atoms with Crippen molar-refractivity contribution in [3.05, 3.63) is 119 Å². The van der Waals surface area contributed by atoms with Gasteiger partial charge in [0.15, 0.2) is 0 Å². The Balaban J connectivity index is -0.000000756. The predicted molar refractivity (Wildman–Crippen MR) is 163 cm³/mol. The molecule has 307 valence electrons. The molecule has 3 radical (unpaired) electrons. The molecule has 55 heavy (non-hydrogen) atoms. The van der Waals surface area contributed by atoms with Gasteiger partial charge in [0.2, 0.25) is 0 Å². The van der Waals surface area contributed by atoms with Gasteiger partial charge in [0, 0.05) is 51.0 Å². The summed E-state index contributed by atoms with van der Waals surface area (Å²) in [5.74, 6) is -0.0877. The second kappa shape index (κ2) is 31.7. The van der Waals surface area contributed by atoms with Gasteiger partial charge >= 0.3 is 51.2 Å². The Bertz CT molecular complexity index is 1480. The molecule has 21 heteroatoms. The molecule has 0 aromatic heterocycles. The Hall–Kier alpha value is -3.42. The van der Waals surface area contributed by atoms with Crippen molar-refractivity contribution >= 4 is 24.9 Å². The fourth-order valence-electron chi connectivity index (χ4n) is 3.51. The van der Waals surface area contributed by atoms with Gasteiger partial charge in [-0.1, -0.05) is 97.1 Å². The average Bonchev–Trinajstić information content (AvgIpc) is 3.06. The molecule has 0 N–H and O–H groups in total. The smallest absolute Gasteiger partial charge is 0.872 e. The average molecular weight is 950 g/mol. The molecule has 0 spiro atoms. The first kappa shape index (κ1) is 55.9. The maximum atomic E-state index is 11.4. The third-order valence-electron chi connectivity index (χ3n) is 5.75. The number of nitrogens with zero attached hydrogens (tertiary/aromatic N) is 4. The van der Waals surface area contributed by atoms with Gasteiger partial charge in [0.05, 0.1) is 0 Å². The molecule has 4 rings (SSSR count). The number of aliphatic imine (C=N–C) groups is 4. The third kappa shape index (κ3) is 32.5. The molecule has 0 atom stereocenters. The second-order valence-corrected chi connectivity index (χ2v) is 11.3. The Kier molecular flexibility index (Phi) is 32.3. The van der Waals surface area contributed by atoms with Gasteiger partial charge in [-0.05, 0) is 35.1 Å². The number of rotatable bonds is 12. The van der Waals surface area contributed by atoms with Crippen molar-refractivity contribution in [2.75, 3.05) is 26.2 Å². The van der Waals surface area contributed by atoms with E-state index in [1.165, 1.54) is 24.3 Å². The zero-order chi connectivity index (χ0) is 38.8. The van der Waals surface area contributed by atoms with Crippen LogP contribution in [0.4, 0.5) is 0 Å². The van der Waals surface area contributed by atoms with Crippen molar-refractivity contribution in [2.24, 2.45) is 20.0 Å². The van der Waals surface area contributed by atoms with Crippen molar-refractivity contribution in [2.45, 2.75) is 12.8 Å². The maximum absolute atomic E-state index is 11.4. The standard InChI is InChI=1S/2C17H18N2O2.2ClHO4.3Cu/c2*20-16-8-3-1-6-14(16)12-18-10-5-11-19-13-15-7-2-4-9-17(15)21;2*2-1(3,4)5;;;/h2*1-4,6-9,12-13,20-21H,5,10-11H2;2*(H,2,3,4,5);;;/q;;;;3*+2/p-6. The van der Waals surface area contributed by atoms with E-state index < -0.39 is 20.5 Å². The van der Waals surface area contributed by atoms with Gasteiger partial charge in [-0.15, -0.1) is 43.5 Å². The van der Waals surface area contributed by atoms with Gasteiger partial charge in [0.1, 0.15) is 0 Å². The molecule has 0 bridgehead atoms. The van der Waals surface area contributed by atoms with Crippen LogP contribution in [-0.2, 0) is 51.2 Å². The summed E-state index contributed by atoms with van der Waals surface area (Å²) in [7, 11) is -9.89. The summed E-state index contributed by atoms with van der Waals surface area (Å²) in [6, 6.07) is 27.2. The fraction of sp³-hybridized carbons (Fsp3) is 0.176. The van der Waals surface area contributed by atoms with E-state index in [9.17, 15) is 20.4 Å². The molecule has 16 nitrogen and oxygen atoms in total. The second-order valence-electron chi connectivity index (χ2n) is 9.76. The zero-order valence-corrected chi connectivity index (χ0v) is 32.5. The summed E-state index contributed by atoms with van der Waals surface area (Å²) in [5, 5.41) is 45.7. The zero-order valence-electron chi connectivity index (χ0n) is 28.1. The van der Waals surface area contributed by atoms with Crippen LogP contribution in [0.1, 0.15) is 35.1 Å². The van der Waals surface area contributed by atoms with E-state index in [0.29, 0.717) is 48.4 Å². The number of benzene rings is 4. The van der Waals surface area contributed by atoms with Crippen LogP contribution in [-0.4, -0.2) is 51.0 Å². The maximum Gasteiger partial charge on any atom is 2.00 e. The third-order valence-corrected chi connectivity index (χ3v) is 5.75.